The Kier molecular flexibility index (Phi) is 9.90. The molecule has 0 aliphatic rings. The van der Waals surface area contributed by atoms with Crippen LogP contribution in [0.3, 0.4) is 0 Å². The summed E-state index contributed by atoms with van der Waals surface area (Å²) >= 11 is 0. The van der Waals surface area contributed by atoms with Crippen molar-refractivity contribution in [3.05, 3.63) is 36.4 Å². The summed E-state index contributed by atoms with van der Waals surface area (Å²) in [5, 5.41) is 5.04. The molecule has 0 saturated heterocycles. The van der Waals surface area contributed by atoms with E-state index in [9.17, 15) is 14.4 Å². The number of hydrogen-bond acceptors (Lipinski definition) is 3. The molecule has 1 aromatic rings. The van der Waals surface area contributed by atoms with Crippen molar-refractivity contribution in [1.82, 2.24) is 0 Å². The molecule has 0 saturated carbocycles. The van der Waals surface area contributed by atoms with Gasteiger partial charge in [0.1, 0.15) is 6.29 Å². The van der Waals surface area contributed by atoms with Crippen molar-refractivity contribution >= 4 is 29.5 Å². The largest absolute Gasteiger partial charge is 1.00 e. The van der Waals surface area contributed by atoms with Crippen LogP contribution in [0.25, 0.3) is 5.73 Å². The molecule has 2 amide bonds. The van der Waals surface area contributed by atoms with E-state index in [1.54, 1.807) is 12.1 Å². The van der Waals surface area contributed by atoms with Crippen LogP contribution >= 0.6 is 0 Å². The molecule has 0 spiro atoms. The van der Waals surface area contributed by atoms with Crippen molar-refractivity contribution in [2.24, 2.45) is 0 Å². The van der Waals surface area contributed by atoms with Crippen LogP contribution < -0.4 is 62.0 Å². The molecule has 0 aromatic heterocycles. The van der Waals surface area contributed by atoms with Gasteiger partial charge in [-0.25, -0.2) is 0 Å². The number of carbonyl (C=O) groups is 3. The van der Waals surface area contributed by atoms with Gasteiger partial charge in [0.05, 0.1) is 0 Å². The molecule has 0 fully saturated rings. The third kappa shape index (κ3) is 6.73. The van der Waals surface area contributed by atoms with E-state index in [0.29, 0.717) is 16.9 Å². The number of benzene rings is 1. The predicted octanol–water partition coefficient (Wildman–Crippen LogP) is -1.54. The van der Waals surface area contributed by atoms with Crippen LogP contribution in [-0.4, -0.2) is 24.6 Å². The molecule has 20 heavy (non-hydrogen) atoms. The van der Waals surface area contributed by atoms with Crippen LogP contribution in [0.4, 0.5) is 11.4 Å². The van der Waals surface area contributed by atoms with Gasteiger partial charge < -0.3 is 21.2 Å². The molecule has 1 aromatic carbocycles. The fraction of sp³-hybridized carbons (Fsp3) is 0.231. The first-order valence-corrected chi connectivity index (χ1v) is 5.61. The minimum absolute atomic E-state index is 0. The Hall–Kier alpha value is -0.574. The van der Waals surface area contributed by atoms with Gasteiger partial charge in [-0.05, 0) is 30.7 Å². The molecule has 1 rings (SSSR count). The standard InChI is InChI=1S/C13H14N3O3.K/c1-2-12(18)15-10-5-9(3-4-17)6-11(7-10)16-13(19)8-14;/h1,4-7,14H,2-3,8H2,(H,15,18)(H,16,19);/q-1;+1. The second kappa shape index (κ2) is 10.2. The smallest absolute Gasteiger partial charge is 0.670 e. The average Bonchev–Trinajstić information content (AvgIpc) is 2.38. The fourth-order valence-electron chi connectivity index (χ4n) is 1.47. The maximum Gasteiger partial charge on any atom is 1.00 e. The zero-order valence-electron chi connectivity index (χ0n) is 11.2. The molecule has 0 bridgehead atoms. The maximum atomic E-state index is 11.2. The summed E-state index contributed by atoms with van der Waals surface area (Å²) in [7, 11) is 0. The van der Waals surface area contributed by atoms with Crippen LogP contribution in [-0.2, 0) is 20.8 Å². The van der Waals surface area contributed by atoms with E-state index in [-0.39, 0.29) is 70.1 Å². The Balaban J connectivity index is 0.00000361. The number of rotatable bonds is 6. The molecule has 0 aliphatic heterocycles. The molecular weight excluding hydrogens is 285 g/mol. The SMILES string of the molecule is [CH]CC(=O)Nc1cc(CC=O)cc(NC(=O)C[NH-])c1.[K+]. The van der Waals surface area contributed by atoms with Gasteiger partial charge in [-0.15, -0.1) is 0 Å². The van der Waals surface area contributed by atoms with E-state index in [0.717, 1.165) is 6.29 Å². The second-order valence-electron chi connectivity index (χ2n) is 3.77. The van der Waals surface area contributed by atoms with E-state index < -0.39 is 12.5 Å². The number of anilines is 2. The molecule has 7 heteroatoms. The average molecular weight is 299 g/mol. The van der Waals surface area contributed by atoms with Crippen molar-refractivity contribution in [2.45, 2.75) is 12.8 Å². The summed E-state index contributed by atoms with van der Waals surface area (Å²) in [6.07, 6.45) is 0.725. The van der Waals surface area contributed by atoms with Gasteiger partial charge >= 0.3 is 51.4 Å². The summed E-state index contributed by atoms with van der Waals surface area (Å²) in [5.41, 5.74) is 8.44. The zero-order chi connectivity index (χ0) is 14.3. The van der Waals surface area contributed by atoms with Gasteiger partial charge in [0.2, 0.25) is 11.8 Å². The second-order valence-corrected chi connectivity index (χ2v) is 3.77. The summed E-state index contributed by atoms with van der Waals surface area (Å²) in [4.78, 5) is 32.9. The molecule has 0 unspecified atom stereocenters. The van der Waals surface area contributed by atoms with Crippen LogP contribution in [0.15, 0.2) is 18.2 Å². The van der Waals surface area contributed by atoms with Crippen molar-refractivity contribution in [3.63, 3.8) is 0 Å². The first-order chi connectivity index (χ1) is 9.08. The molecule has 0 atom stereocenters. The first kappa shape index (κ1) is 19.4. The minimum Gasteiger partial charge on any atom is -0.670 e. The van der Waals surface area contributed by atoms with Gasteiger partial charge in [0, 0.05) is 24.2 Å². The van der Waals surface area contributed by atoms with Crippen molar-refractivity contribution in [3.8, 4) is 0 Å². The minimum atomic E-state index is -0.473. The van der Waals surface area contributed by atoms with Crippen LogP contribution in [0, 0.1) is 6.92 Å². The van der Waals surface area contributed by atoms with Gasteiger partial charge in [0.25, 0.3) is 0 Å². The summed E-state index contributed by atoms with van der Waals surface area (Å²) in [6.45, 7) is 4.79. The molecule has 6 nitrogen and oxygen atoms in total. The van der Waals surface area contributed by atoms with Crippen molar-refractivity contribution < 1.29 is 65.8 Å². The number of nitrogens with one attached hydrogen (secondary N) is 3. The number of aldehydes is 1. The normalized spacial score (nSPS) is 9.30. The monoisotopic (exact) mass is 299 g/mol. The quantitative estimate of drug-likeness (QED) is 0.492. The van der Waals surface area contributed by atoms with Gasteiger partial charge in [-0.2, -0.15) is 0 Å². The Morgan fingerprint density at radius 3 is 2.15 bits per heavy atom. The predicted molar refractivity (Wildman–Crippen MR) is 71.6 cm³/mol. The van der Waals surface area contributed by atoms with Crippen molar-refractivity contribution in [2.75, 3.05) is 17.2 Å². The van der Waals surface area contributed by atoms with E-state index in [1.807, 2.05) is 0 Å². The van der Waals surface area contributed by atoms with Gasteiger partial charge in [0.15, 0.2) is 0 Å². The molecular formula is C13H14KN3O3. The van der Waals surface area contributed by atoms with E-state index in [4.69, 9.17) is 12.7 Å². The fourth-order valence-corrected chi connectivity index (χ4v) is 1.47. The molecule has 0 aliphatic carbocycles. The molecule has 3 N–H and O–H groups in total. The molecule has 100 valence electrons. The van der Waals surface area contributed by atoms with Crippen LogP contribution in [0.1, 0.15) is 12.0 Å². The Morgan fingerprint density at radius 2 is 1.70 bits per heavy atom. The third-order valence-electron chi connectivity index (χ3n) is 2.23. The van der Waals surface area contributed by atoms with Crippen molar-refractivity contribution in [1.29, 1.82) is 0 Å². The number of carbonyl (C=O) groups excluding carboxylic acids is 3. The Bertz CT molecular complexity index is 455. The van der Waals surface area contributed by atoms with E-state index in [1.165, 1.54) is 6.07 Å². The maximum absolute atomic E-state index is 11.2. The van der Waals surface area contributed by atoms with Crippen LogP contribution in [0.5, 0.6) is 0 Å². The van der Waals surface area contributed by atoms with E-state index in [2.05, 4.69) is 10.6 Å². The third-order valence-corrected chi connectivity index (χ3v) is 2.23. The summed E-state index contributed by atoms with van der Waals surface area (Å²) < 4.78 is 0. The summed E-state index contributed by atoms with van der Waals surface area (Å²) in [5.74, 6) is -0.847. The summed E-state index contributed by atoms with van der Waals surface area (Å²) in [6, 6.07) is 4.77. The van der Waals surface area contributed by atoms with Crippen LogP contribution in [0.2, 0.25) is 0 Å². The number of amides is 2. The Labute approximate surface area is 160 Å². The van der Waals surface area contributed by atoms with Gasteiger partial charge in [-0.1, -0.05) is 6.54 Å². The topological polar surface area (TPSA) is 99.1 Å². The van der Waals surface area contributed by atoms with Gasteiger partial charge in [-0.3, -0.25) is 9.59 Å². The Morgan fingerprint density at radius 1 is 1.15 bits per heavy atom. The van der Waals surface area contributed by atoms with E-state index >= 15 is 0 Å². The zero-order valence-corrected chi connectivity index (χ0v) is 14.4. The number of hydrogen-bond donors (Lipinski definition) is 2. The molecule has 0 heterocycles. The molecule has 2 radical (unpaired) electrons. The first-order valence-electron chi connectivity index (χ1n) is 5.61.